The maximum absolute atomic E-state index is 11.2. The van der Waals surface area contributed by atoms with Crippen molar-refractivity contribution in [1.29, 1.82) is 0 Å². The van der Waals surface area contributed by atoms with E-state index in [9.17, 15) is 4.79 Å². The Bertz CT molecular complexity index is 510. The van der Waals surface area contributed by atoms with E-state index in [1.165, 1.54) is 11.3 Å². The standard InChI is InChI=1S/C11H12N2OS/c1-7-9(6-13(3)12-7)11-5-4-10(15-11)8(2)14/h4-6H,1-3H3. The summed E-state index contributed by atoms with van der Waals surface area (Å²) in [6.07, 6.45) is 1.98. The van der Waals surface area contributed by atoms with Crippen molar-refractivity contribution < 1.29 is 4.79 Å². The zero-order chi connectivity index (χ0) is 11.0. The number of hydrogen-bond acceptors (Lipinski definition) is 3. The maximum atomic E-state index is 11.2. The van der Waals surface area contributed by atoms with E-state index in [1.807, 2.05) is 32.3 Å². The van der Waals surface area contributed by atoms with Gasteiger partial charge in [-0.15, -0.1) is 11.3 Å². The maximum Gasteiger partial charge on any atom is 0.169 e. The highest BCUT2D eigenvalue weighted by molar-refractivity contribution is 7.17. The van der Waals surface area contributed by atoms with E-state index >= 15 is 0 Å². The van der Waals surface area contributed by atoms with Crippen molar-refractivity contribution >= 4 is 17.1 Å². The van der Waals surface area contributed by atoms with Crippen LogP contribution in [0.5, 0.6) is 0 Å². The Hall–Kier alpha value is -1.42. The molecule has 3 nitrogen and oxygen atoms in total. The molecule has 2 aromatic heterocycles. The Kier molecular flexibility index (Phi) is 2.44. The number of carbonyl (C=O) groups is 1. The normalized spacial score (nSPS) is 10.6. The molecule has 2 heterocycles. The van der Waals surface area contributed by atoms with Crippen molar-refractivity contribution in [2.24, 2.45) is 7.05 Å². The van der Waals surface area contributed by atoms with Crippen LogP contribution in [0, 0.1) is 6.92 Å². The van der Waals surface area contributed by atoms with Crippen LogP contribution in [0.1, 0.15) is 22.3 Å². The van der Waals surface area contributed by atoms with Crippen molar-refractivity contribution in [2.75, 3.05) is 0 Å². The minimum atomic E-state index is 0.118. The minimum Gasteiger partial charge on any atom is -0.294 e. The fourth-order valence-corrected chi connectivity index (χ4v) is 2.48. The number of Topliss-reactive ketones (excluding diaryl/α,β-unsaturated/α-hetero) is 1. The summed E-state index contributed by atoms with van der Waals surface area (Å²) in [5.74, 6) is 0.118. The van der Waals surface area contributed by atoms with Gasteiger partial charge < -0.3 is 0 Å². The lowest BCUT2D eigenvalue weighted by molar-refractivity contribution is 0.102. The summed E-state index contributed by atoms with van der Waals surface area (Å²) in [4.78, 5) is 13.1. The van der Waals surface area contributed by atoms with Crippen LogP contribution >= 0.6 is 11.3 Å². The predicted octanol–water partition coefficient (Wildman–Crippen LogP) is 2.66. The largest absolute Gasteiger partial charge is 0.294 e. The molecule has 0 bridgehead atoms. The Balaban J connectivity index is 2.45. The zero-order valence-electron chi connectivity index (χ0n) is 8.94. The van der Waals surface area contributed by atoms with Gasteiger partial charge in [-0.1, -0.05) is 0 Å². The first-order chi connectivity index (χ1) is 7.08. The lowest BCUT2D eigenvalue weighted by Crippen LogP contribution is -1.86. The van der Waals surface area contributed by atoms with Crippen LogP contribution in [0.4, 0.5) is 0 Å². The summed E-state index contributed by atoms with van der Waals surface area (Å²) in [5, 5.41) is 4.28. The van der Waals surface area contributed by atoms with Crippen LogP contribution in [0.3, 0.4) is 0 Å². The van der Waals surface area contributed by atoms with Crippen LogP contribution in [0.25, 0.3) is 10.4 Å². The summed E-state index contributed by atoms with van der Waals surface area (Å²) >= 11 is 1.52. The number of carbonyl (C=O) groups excluding carboxylic acids is 1. The molecule has 0 unspecified atom stereocenters. The van der Waals surface area contributed by atoms with E-state index in [4.69, 9.17) is 0 Å². The van der Waals surface area contributed by atoms with Gasteiger partial charge in [0.2, 0.25) is 0 Å². The summed E-state index contributed by atoms with van der Waals surface area (Å²) in [7, 11) is 1.90. The van der Waals surface area contributed by atoms with E-state index < -0.39 is 0 Å². The number of nitrogens with zero attached hydrogens (tertiary/aromatic N) is 2. The quantitative estimate of drug-likeness (QED) is 0.729. The molecule has 0 aromatic carbocycles. The van der Waals surface area contributed by atoms with E-state index in [2.05, 4.69) is 5.10 Å². The molecule has 15 heavy (non-hydrogen) atoms. The van der Waals surface area contributed by atoms with Crippen LogP contribution in [0.2, 0.25) is 0 Å². The Morgan fingerprint density at radius 2 is 2.20 bits per heavy atom. The number of rotatable bonds is 2. The zero-order valence-corrected chi connectivity index (χ0v) is 9.76. The fourth-order valence-electron chi connectivity index (χ4n) is 1.51. The van der Waals surface area contributed by atoms with Gasteiger partial charge in [-0.2, -0.15) is 5.10 Å². The first-order valence-corrected chi connectivity index (χ1v) is 5.51. The van der Waals surface area contributed by atoms with Crippen LogP contribution in [-0.2, 0) is 7.05 Å². The fraction of sp³-hybridized carbons (Fsp3) is 0.273. The van der Waals surface area contributed by atoms with Gasteiger partial charge in [0.1, 0.15) is 0 Å². The molecule has 0 fully saturated rings. The molecule has 0 saturated heterocycles. The van der Waals surface area contributed by atoms with Gasteiger partial charge in [-0.3, -0.25) is 9.48 Å². The molecule has 2 aromatic rings. The van der Waals surface area contributed by atoms with Crippen molar-refractivity contribution in [1.82, 2.24) is 9.78 Å². The van der Waals surface area contributed by atoms with Gasteiger partial charge in [-0.05, 0) is 26.0 Å². The summed E-state index contributed by atoms with van der Waals surface area (Å²) < 4.78 is 1.79. The lowest BCUT2D eigenvalue weighted by atomic mass is 10.2. The second-order valence-electron chi connectivity index (χ2n) is 3.52. The number of aryl methyl sites for hydroxylation is 2. The highest BCUT2D eigenvalue weighted by Crippen LogP contribution is 2.29. The molecule has 0 spiro atoms. The van der Waals surface area contributed by atoms with Gasteiger partial charge >= 0.3 is 0 Å². The molecule has 0 saturated carbocycles. The lowest BCUT2D eigenvalue weighted by Gasteiger charge is -1.91. The molecule has 2 rings (SSSR count). The number of hydrogen-bond donors (Lipinski definition) is 0. The average Bonchev–Trinajstić information content (AvgIpc) is 2.71. The summed E-state index contributed by atoms with van der Waals surface area (Å²) in [5.41, 5.74) is 2.10. The molecule has 0 radical (unpaired) electrons. The highest BCUT2D eigenvalue weighted by Gasteiger charge is 2.10. The molecule has 4 heteroatoms. The molecule has 0 atom stereocenters. The minimum absolute atomic E-state index is 0.118. The smallest absolute Gasteiger partial charge is 0.169 e. The van der Waals surface area contributed by atoms with Crippen molar-refractivity contribution in [3.8, 4) is 10.4 Å². The third-order valence-corrected chi connectivity index (χ3v) is 3.45. The molecule has 0 aliphatic heterocycles. The number of aromatic nitrogens is 2. The Morgan fingerprint density at radius 3 is 2.67 bits per heavy atom. The van der Waals surface area contributed by atoms with Crippen LogP contribution in [-0.4, -0.2) is 15.6 Å². The van der Waals surface area contributed by atoms with Gasteiger partial charge in [0.15, 0.2) is 5.78 Å². The molecule has 0 amide bonds. The van der Waals surface area contributed by atoms with Crippen molar-refractivity contribution in [3.63, 3.8) is 0 Å². The predicted molar refractivity (Wildman–Crippen MR) is 61.3 cm³/mol. The second-order valence-corrected chi connectivity index (χ2v) is 4.61. The van der Waals surface area contributed by atoms with Crippen molar-refractivity contribution in [2.45, 2.75) is 13.8 Å². The third-order valence-electron chi connectivity index (χ3n) is 2.23. The first kappa shape index (κ1) is 10.1. The van der Waals surface area contributed by atoms with Gasteiger partial charge in [0.05, 0.1) is 10.6 Å². The van der Waals surface area contributed by atoms with Crippen LogP contribution < -0.4 is 0 Å². The van der Waals surface area contributed by atoms with Gasteiger partial charge in [-0.25, -0.2) is 0 Å². The number of ketones is 1. The Morgan fingerprint density at radius 1 is 1.47 bits per heavy atom. The molecular formula is C11H12N2OS. The summed E-state index contributed by atoms with van der Waals surface area (Å²) in [6.45, 7) is 3.56. The van der Waals surface area contributed by atoms with Gasteiger partial charge in [0, 0.05) is 23.7 Å². The third kappa shape index (κ3) is 1.85. The topological polar surface area (TPSA) is 34.9 Å². The van der Waals surface area contributed by atoms with Crippen molar-refractivity contribution in [3.05, 3.63) is 28.9 Å². The Labute approximate surface area is 92.4 Å². The average molecular weight is 220 g/mol. The molecule has 0 aliphatic carbocycles. The SMILES string of the molecule is CC(=O)c1ccc(-c2cn(C)nc2C)s1. The second kappa shape index (κ2) is 3.62. The molecule has 0 N–H and O–H groups in total. The first-order valence-electron chi connectivity index (χ1n) is 4.69. The highest BCUT2D eigenvalue weighted by atomic mass is 32.1. The van der Waals surface area contributed by atoms with Crippen LogP contribution in [0.15, 0.2) is 18.3 Å². The van der Waals surface area contributed by atoms with E-state index in [-0.39, 0.29) is 5.78 Å². The molecule has 0 aliphatic rings. The van der Waals surface area contributed by atoms with E-state index in [0.717, 1.165) is 21.0 Å². The molecular weight excluding hydrogens is 208 g/mol. The summed E-state index contributed by atoms with van der Waals surface area (Å²) in [6, 6.07) is 3.85. The molecule has 78 valence electrons. The van der Waals surface area contributed by atoms with E-state index in [1.54, 1.807) is 11.6 Å². The van der Waals surface area contributed by atoms with Gasteiger partial charge in [0.25, 0.3) is 0 Å². The monoisotopic (exact) mass is 220 g/mol. The van der Waals surface area contributed by atoms with E-state index in [0.29, 0.717) is 0 Å². The number of thiophene rings is 1.